The number of carbonyl (C=O) groups excluding carboxylic acids is 2. The van der Waals surface area contributed by atoms with Crippen molar-refractivity contribution in [1.82, 2.24) is 34.2 Å². The Morgan fingerprint density at radius 3 is 2.73 bits per heavy atom. The highest BCUT2D eigenvalue weighted by Crippen LogP contribution is 2.37. The highest BCUT2D eigenvalue weighted by Gasteiger charge is 2.40. The van der Waals surface area contributed by atoms with E-state index in [1.165, 1.54) is 46.0 Å². The lowest BCUT2D eigenvalue weighted by atomic mass is 10.0. The molecule has 3 aromatic heterocycles. The number of anilines is 1. The molecule has 14 heteroatoms. The van der Waals surface area contributed by atoms with Crippen LogP contribution < -0.4 is 10.1 Å². The van der Waals surface area contributed by atoms with Crippen molar-refractivity contribution in [3.63, 3.8) is 0 Å². The summed E-state index contributed by atoms with van der Waals surface area (Å²) in [5.74, 6) is 0.0381. The van der Waals surface area contributed by atoms with Crippen molar-refractivity contribution >= 4 is 34.7 Å². The monoisotopic (exact) mass is 570 g/mol. The minimum atomic E-state index is -3.10. The van der Waals surface area contributed by atoms with Crippen LogP contribution in [0.3, 0.4) is 0 Å². The van der Waals surface area contributed by atoms with E-state index in [0.29, 0.717) is 30.6 Å². The SMILES string of the molecule is CN1CC2CN(C(=O)Cn3cc(NC(=O)c4cnn5cccnc45)c(-c4cc(Cl)ccc4OC(F)F)n3)CC2C1. The van der Waals surface area contributed by atoms with Crippen LogP contribution in [0, 0.1) is 11.8 Å². The molecule has 2 unspecified atom stereocenters. The number of halogens is 3. The number of nitrogens with zero attached hydrogens (tertiary/aromatic N) is 7. The van der Waals surface area contributed by atoms with E-state index >= 15 is 0 Å². The average molecular weight is 571 g/mol. The fourth-order valence-corrected chi connectivity index (χ4v) is 5.70. The molecule has 40 heavy (non-hydrogen) atoms. The Bertz CT molecular complexity index is 1580. The summed E-state index contributed by atoms with van der Waals surface area (Å²) >= 11 is 6.19. The molecule has 1 aromatic carbocycles. The fourth-order valence-electron chi connectivity index (χ4n) is 5.53. The van der Waals surface area contributed by atoms with Gasteiger partial charge in [0.15, 0.2) is 5.65 Å². The normalized spacial score (nSPS) is 19.0. The molecule has 0 bridgehead atoms. The van der Waals surface area contributed by atoms with Crippen molar-refractivity contribution in [2.45, 2.75) is 13.2 Å². The molecule has 4 aromatic rings. The molecule has 0 spiro atoms. The van der Waals surface area contributed by atoms with E-state index in [0.717, 1.165) is 13.1 Å². The molecule has 2 fully saturated rings. The standard InChI is InChI=1S/C26H25ClF2N8O3/c1-34-9-15-11-35(12-16(15)10-34)22(38)14-36-13-20(32-25(39)19-8-31-37-6-2-5-30-24(19)37)23(33-36)18-7-17(27)3-4-21(18)40-26(28)29/h2-8,13,15-16,26H,9-12,14H2,1H3,(H,32,39). The quantitative estimate of drug-likeness (QED) is 0.363. The highest BCUT2D eigenvalue weighted by molar-refractivity contribution is 6.31. The van der Waals surface area contributed by atoms with Gasteiger partial charge in [0.05, 0.1) is 11.9 Å². The number of nitrogens with one attached hydrogen (secondary N) is 1. The zero-order valence-corrected chi connectivity index (χ0v) is 22.1. The maximum absolute atomic E-state index is 13.3. The van der Waals surface area contributed by atoms with Crippen LogP contribution in [-0.2, 0) is 11.3 Å². The van der Waals surface area contributed by atoms with Gasteiger partial charge in [0.1, 0.15) is 23.6 Å². The number of aromatic nitrogens is 5. The van der Waals surface area contributed by atoms with Crippen LogP contribution in [0.5, 0.6) is 5.75 Å². The molecule has 208 valence electrons. The van der Waals surface area contributed by atoms with Crippen molar-refractivity contribution in [3.8, 4) is 17.0 Å². The third-order valence-electron chi connectivity index (χ3n) is 7.27. The van der Waals surface area contributed by atoms with Crippen LogP contribution in [0.15, 0.2) is 49.1 Å². The van der Waals surface area contributed by atoms with Crippen LogP contribution in [0.25, 0.3) is 16.9 Å². The average Bonchev–Trinajstić information content (AvgIpc) is 3.67. The van der Waals surface area contributed by atoms with Crippen LogP contribution in [-0.4, -0.2) is 85.8 Å². The van der Waals surface area contributed by atoms with Crippen LogP contribution >= 0.6 is 11.6 Å². The van der Waals surface area contributed by atoms with Crippen molar-refractivity contribution in [2.75, 3.05) is 38.5 Å². The molecule has 11 nitrogen and oxygen atoms in total. The number of amides is 2. The fraction of sp³-hybridized carbons (Fsp3) is 0.346. The van der Waals surface area contributed by atoms with Gasteiger partial charge in [-0.05, 0) is 43.1 Å². The Morgan fingerprint density at radius 1 is 1.20 bits per heavy atom. The van der Waals surface area contributed by atoms with Gasteiger partial charge in [-0.3, -0.25) is 14.3 Å². The van der Waals surface area contributed by atoms with Gasteiger partial charge in [0.2, 0.25) is 5.91 Å². The molecule has 1 N–H and O–H groups in total. The summed E-state index contributed by atoms with van der Waals surface area (Å²) in [5.41, 5.74) is 0.946. The lowest BCUT2D eigenvalue weighted by Crippen LogP contribution is -2.34. The third-order valence-corrected chi connectivity index (χ3v) is 7.50. The van der Waals surface area contributed by atoms with E-state index < -0.39 is 12.5 Å². The number of likely N-dealkylation sites (tertiary alicyclic amines) is 2. The van der Waals surface area contributed by atoms with Crippen molar-refractivity contribution in [1.29, 1.82) is 0 Å². The molecule has 2 amide bonds. The summed E-state index contributed by atoms with van der Waals surface area (Å²) in [4.78, 5) is 34.8. The van der Waals surface area contributed by atoms with E-state index in [9.17, 15) is 18.4 Å². The lowest BCUT2D eigenvalue weighted by molar-refractivity contribution is -0.131. The molecule has 5 heterocycles. The topological polar surface area (TPSA) is 110 Å². The lowest BCUT2D eigenvalue weighted by Gasteiger charge is -2.19. The second kappa shape index (κ2) is 10.5. The molecule has 0 saturated carbocycles. The second-order valence-electron chi connectivity index (χ2n) is 10.0. The highest BCUT2D eigenvalue weighted by atomic mass is 35.5. The van der Waals surface area contributed by atoms with Crippen LogP contribution in [0.1, 0.15) is 10.4 Å². The zero-order valence-electron chi connectivity index (χ0n) is 21.4. The van der Waals surface area contributed by atoms with E-state index in [1.807, 2.05) is 4.90 Å². The number of hydrogen-bond acceptors (Lipinski definition) is 7. The molecule has 2 atom stereocenters. The van der Waals surface area contributed by atoms with Gasteiger partial charge in [0.25, 0.3) is 5.91 Å². The van der Waals surface area contributed by atoms with Crippen LogP contribution in [0.4, 0.5) is 14.5 Å². The van der Waals surface area contributed by atoms with Crippen molar-refractivity contribution < 1.29 is 23.1 Å². The van der Waals surface area contributed by atoms with Crippen LogP contribution in [0.2, 0.25) is 5.02 Å². The Balaban J connectivity index is 1.32. The Labute approximate surface area is 232 Å². The molecule has 6 rings (SSSR count). The molecule has 0 radical (unpaired) electrons. The van der Waals surface area contributed by atoms with Gasteiger partial charge in [-0.15, -0.1) is 0 Å². The van der Waals surface area contributed by atoms with Gasteiger partial charge < -0.3 is 19.9 Å². The van der Waals surface area contributed by atoms with E-state index in [1.54, 1.807) is 12.3 Å². The summed E-state index contributed by atoms with van der Waals surface area (Å²) in [6.45, 7) is 0.0668. The number of fused-ring (bicyclic) bond motifs is 2. The van der Waals surface area contributed by atoms with Gasteiger partial charge in [-0.2, -0.15) is 19.0 Å². The Morgan fingerprint density at radius 2 is 1.98 bits per heavy atom. The molecule has 2 saturated heterocycles. The van der Waals surface area contributed by atoms with Gasteiger partial charge >= 0.3 is 6.61 Å². The largest absolute Gasteiger partial charge is 0.434 e. The Kier molecular flexibility index (Phi) is 6.84. The van der Waals surface area contributed by atoms with Gasteiger partial charge in [-0.1, -0.05) is 11.6 Å². The molecule has 2 aliphatic heterocycles. The predicted molar refractivity (Wildman–Crippen MR) is 141 cm³/mol. The number of ether oxygens (including phenoxy) is 1. The number of alkyl halides is 2. The minimum absolute atomic E-state index is 0.0952. The number of hydrogen-bond donors (Lipinski definition) is 1. The first kappa shape index (κ1) is 26.1. The minimum Gasteiger partial charge on any atom is -0.434 e. The van der Waals surface area contributed by atoms with E-state index in [-0.39, 0.29) is 45.7 Å². The molecule has 0 aliphatic carbocycles. The van der Waals surface area contributed by atoms with Gasteiger partial charge in [0, 0.05) is 55.4 Å². The Hall–Kier alpha value is -4.10. The number of benzene rings is 1. The van der Waals surface area contributed by atoms with Crippen molar-refractivity contribution in [3.05, 3.63) is 59.6 Å². The first-order chi connectivity index (χ1) is 19.2. The first-order valence-electron chi connectivity index (χ1n) is 12.6. The predicted octanol–water partition coefficient (Wildman–Crippen LogP) is 3.12. The summed E-state index contributed by atoms with van der Waals surface area (Å²) in [5, 5.41) is 11.7. The molecular formula is C26H25ClF2N8O3. The number of carbonyl (C=O) groups is 2. The third kappa shape index (κ3) is 5.09. The maximum atomic E-state index is 13.3. The van der Waals surface area contributed by atoms with E-state index in [2.05, 4.69) is 32.4 Å². The maximum Gasteiger partial charge on any atom is 0.387 e. The molecular weight excluding hydrogens is 546 g/mol. The second-order valence-corrected chi connectivity index (χ2v) is 10.5. The summed E-state index contributed by atoms with van der Waals surface area (Å²) < 4.78 is 34.0. The smallest absolute Gasteiger partial charge is 0.387 e. The summed E-state index contributed by atoms with van der Waals surface area (Å²) in [7, 11) is 2.08. The number of rotatable bonds is 7. The molecule has 2 aliphatic rings. The van der Waals surface area contributed by atoms with Crippen molar-refractivity contribution in [2.24, 2.45) is 11.8 Å². The first-order valence-corrected chi connectivity index (χ1v) is 13.0. The van der Waals surface area contributed by atoms with Gasteiger partial charge in [-0.25, -0.2) is 9.50 Å². The summed E-state index contributed by atoms with van der Waals surface area (Å²) in [6, 6.07) is 5.80. The summed E-state index contributed by atoms with van der Waals surface area (Å²) in [6.07, 6.45) is 6.05. The van der Waals surface area contributed by atoms with E-state index in [4.69, 9.17) is 16.3 Å². The zero-order chi connectivity index (χ0) is 28.0.